The summed E-state index contributed by atoms with van der Waals surface area (Å²) in [5.74, 6) is 0.334. The maximum Gasteiger partial charge on any atom is 0.341 e. The molecule has 1 N–H and O–H groups in total. The first-order valence-corrected chi connectivity index (χ1v) is 7.82. The molecule has 1 unspecified atom stereocenters. The summed E-state index contributed by atoms with van der Waals surface area (Å²) >= 11 is 0. The summed E-state index contributed by atoms with van der Waals surface area (Å²) in [6.45, 7) is 5.44. The van der Waals surface area contributed by atoms with Gasteiger partial charge in [-0.2, -0.15) is 0 Å². The molecule has 1 amide bonds. The predicted octanol–water partition coefficient (Wildman–Crippen LogP) is 1.75. The summed E-state index contributed by atoms with van der Waals surface area (Å²) in [4.78, 5) is 30.0. The van der Waals surface area contributed by atoms with Gasteiger partial charge in [-0.15, -0.1) is 0 Å². The van der Waals surface area contributed by atoms with Crippen molar-refractivity contribution in [2.45, 2.75) is 39.2 Å². The van der Waals surface area contributed by atoms with Crippen LogP contribution in [-0.2, 0) is 9.53 Å². The number of anilines is 1. The first kappa shape index (κ1) is 16.3. The summed E-state index contributed by atoms with van der Waals surface area (Å²) in [5, 5.41) is 3.02. The number of ether oxygens (including phenoxy) is 1. The molecule has 1 saturated heterocycles. The zero-order valence-corrected chi connectivity index (χ0v) is 13.2. The molecular formula is C16H23N3O3. The minimum atomic E-state index is -0.356. The number of esters is 1. The summed E-state index contributed by atoms with van der Waals surface area (Å²) in [6, 6.07) is 3.56. The van der Waals surface area contributed by atoms with E-state index in [1.807, 2.05) is 6.92 Å². The van der Waals surface area contributed by atoms with E-state index < -0.39 is 0 Å². The molecule has 0 aliphatic carbocycles. The van der Waals surface area contributed by atoms with Crippen molar-refractivity contribution in [3.63, 3.8) is 0 Å². The number of hydrogen-bond donors (Lipinski definition) is 1. The van der Waals surface area contributed by atoms with Crippen LogP contribution in [0.25, 0.3) is 0 Å². The molecule has 0 bridgehead atoms. The lowest BCUT2D eigenvalue weighted by molar-refractivity contribution is -0.121. The van der Waals surface area contributed by atoms with E-state index in [0.29, 0.717) is 31.0 Å². The van der Waals surface area contributed by atoms with E-state index >= 15 is 0 Å². The van der Waals surface area contributed by atoms with Gasteiger partial charge in [-0.1, -0.05) is 6.92 Å². The summed E-state index contributed by atoms with van der Waals surface area (Å²) in [6.07, 6.45) is 4.05. The van der Waals surface area contributed by atoms with Crippen LogP contribution in [0.1, 0.15) is 43.5 Å². The van der Waals surface area contributed by atoms with Crippen molar-refractivity contribution in [2.75, 3.05) is 24.6 Å². The van der Waals surface area contributed by atoms with Crippen LogP contribution in [0, 0.1) is 0 Å². The highest BCUT2D eigenvalue weighted by Gasteiger charge is 2.25. The molecule has 0 saturated carbocycles. The van der Waals surface area contributed by atoms with Gasteiger partial charge in [0.05, 0.1) is 6.61 Å². The fraction of sp³-hybridized carbons (Fsp3) is 0.562. The molecule has 1 fully saturated rings. The van der Waals surface area contributed by atoms with Crippen molar-refractivity contribution in [3.05, 3.63) is 23.9 Å². The highest BCUT2D eigenvalue weighted by atomic mass is 16.5. The Kier molecular flexibility index (Phi) is 5.75. The molecule has 1 aliphatic heterocycles. The van der Waals surface area contributed by atoms with Crippen LogP contribution in [0.15, 0.2) is 18.3 Å². The summed E-state index contributed by atoms with van der Waals surface area (Å²) in [5.41, 5.74) is 0.479. The molecule has 2 rings (SSSR count). The van der Waals surface area contributed by atoms with Gasteiger partial charge in [0.25, 0.3) is 0 Å². The molecule has 1 atom stereocenters. The topological polar surface area (TPSA) is 71.5 Å². The summed E-state index contributed by atoms with van der Waals surface area (Å²) < 4.78 is 5.09. The van der Waals surface area contributed by atoms with Crippen molar-refractivity contribution in [3.8, 4) is 0 Å². The van der Waals surface area contributed by atoms with E-state index in [0.717, 1.165) is 19.4 Å². The predicted molar refractivity (Wildman–Crippen MR) is 83.9 cm³/mol. The Morgan fingerprint density at radius 3 is 3.00 bits per heavy atom. The Balaban J connectivity index is 2.13. The van der Waals surface area contributed by atoms with Gasteiger partial charge >= 0.3 is 5.97 Å². The number of nitrogens with one attached hydrogen (secondary N) is 1. The number of amides is 1. The first-order chi connectivity index (χ1) is 10.7. The summed E-state index contributed by atoms with van der Waals surface area (Å²) in [7, 11) is 0. The van der Waals surface area contributed by atoms with Gasteiger partial charge in [0, 0.05) is 31.7 Å². The highest BCUT2D eigenvalue weighted by molar-refractivity contribution is 5.94. The third kappa shape index (κ3) is 3.96. The van der Waals surface area contributed by atoms with E-state index in [1.54, 1.807) is 25.3 Å². The molecular weight excluding hydrogens is 282 g/mol. The molecule has 0 aromatic carbocycles. The van der Waals surface area contributed by atoms with Gasteiger partial charge in [0.1, 0.15) is 11.4 Å². The Labute approximate surface area is 130 Å². The second-order valence-electron chi connectivity index (χ2n) is 5.30. The van der Waals surface area contributed by atoms with Crippen LogP contribution in [-0.4, -0.2) is 42.6 Å². The van der Waals surface area contributed by atoms with Crippen LogP contribution >= 0.6 is 0 Å². The van der Waals surface area contributed by atoms with Gasteiger partial charge < -0.3 is 15.0 Å². The molecule has 22 heavy (non-hydrogen) atoms. The van der Waals surface area contributed by atoms with E-state index in [1.165, 1.54) is 0 Å². The molecule has 1 aliphatic rings. The lowest BCUT2D eigenvalue weighted by Crippen LogP contribution is -2.48. The zero-order chi connectivity index (χ0) is 15.9. The van der Waals surface area contributed by atoms with Crippen molar-refractivity contribution >= 4 is 17.7 Å². The van der Waals surface area contributed by atoms with Crippen molar-refractivity contribution in [1.29, 1.82) is 0 Å². The van der Waals surface area contributed by atoms with E-state index in [-0.39, 0.29) is 17.9 Å². The SMILES string of the molecule is CCOC(=O)c1cccnc1N1CCCC(NC(=O)CC)C1. The number of pyridine rings is 1. The number of nitrogens with zero attached hydrogens (tertiary/aromatic N) is 2. The number of rotatable bonds is 5. The second-order valence-corrected chi connectivity index (χ2v) is 5.30. The molecule has 0 spiro atoms. The zero-order valence-electron chi connectivity index (χ0n) is 13.2. The number of aromatic nitrogens is 1. The average Bonchev–Trinajstić information content (AvgIpc) is 2.55. The standard InChI is InChI=1S/C16H23N3O3/c1-3-14(20)18-12-7-6-10-19(11-12)15-13(8-5-9-17-15)16(21)22-4-2/h5,8-9,12H,3-4,6-7,10-11H2,1-2H3,(H,18,20). The lowest BCUT2D eigenvalue weighted by Gasteiger charge is -2.34. The molecule has 2 heterocycles. The van der Waals surface area contributed by atoms with Crippen molar-refractivity contribution < 1.29 is 14.3 Å². The molecule has 0 radical (unpaired) electrons. The molecule has 120 valence electrons. The lowest BCUT2D eigenvalue weighted by atomic mass is 10.0. The molecule has 6 heteroatoms. The number of piperidine rings is 1. The third-order valence-electron chi connectivity index (χ3n) is 3.69. The fourth-order valence-electron chi connectivity index (χ4n) is 2.63. The number of carbonyl (C=O) groups excluding carboxylic acids is 2. The van der Waals surface area contributed by atoms with Crippen molar-refractivity contribution in [1.82, 2.24) is 10.3 Å². The monoisotopic (exact) mass is 305 g/mol. The van der Waals surface area contributed by atoms with Gasteiger partial charge in [-0.05, 0) is 31.9 Å². The smallest absolute Gasteiger partial charge is 0.341 e. The van der Waals surface area contributed by atoms with Gasteiger partial charge in [-0.25, -0.2) is 9.78 Å². The van der Waals surface area contributed by atoms with Crippen LogP contribution in [0.4, 0.5) is 5.82 Å². The van der Waals surface area contributed by atoms with E-state index in [4.69, 9.17) is 4.74 Å². The Morgan fingerprint density at radius 2 is 2.27 bits per heavy atom. The van der Waals surface area contributed by atoms with E-state index in [2.05, 4.69) is 15.2 Å². The van der Waals surface area contributed by atoms with Gasteiger partial charge in [0.2, 0.25) is 5.91 Å². The Morgan fingerprint density at radius 1 is 1.45 bits per heavy atom. The number of hydrogen-bond acceptors (Lipinski definition) is 5. The molecule has 1 aromatic heterocycles. The largest absolute Gasteiger partial charge is 0.462 e. The van der Waals surface area contributed by atoms with Gasteiger partial charge in [0.15, 0.2) is 0 Å². The Hall–Kier alpha value is -2.11. The van der Waals surface area contributed by atoms with E-state index in [9.17, 15) is 9.59 Å². The fourth-order valence-corrected chi connectivity index (χ4v) is 2.63. The number of carbonyl (C=O) groups is 2. The van der Waals surface area contributed by atoms with Crippen molar-refractivity contribution in [2.24, 2.45) is 0 Å². The highest BCUT2D eigenvalue weighted by Crippen LogP contribution is 2.22. The van der Waals surface area contributed by atoms with Crippen LogP contribution in [0.5, 0.6) is 0 Å². The maximum absolute atomic E-state index is 12.1. The minimum absolute atomic E-state index is 0.0542. The maximum atomic E-state index is 12.1. The van der Waals surface area contributed by atoms with Crippen LogP contribution < -0.4 is 10.2 Å². The molecule has 1 aromatic rings. The van der Waals surface area contributed by atoms with Gasteiger partial charge in [-0.3, -0.25) is 4.79 Å². The second kappa shape index (κ2) is 7.77. The molecule has 6 nitrogen and oxygen atoms in total. The normalized spacial score (nSPS) is 17.9. The quantitative estimate of drug-likeness (QED) is 0.839. The van der Waals surface area contributed by atoms with Crippen LogP contribution in [0.2, 0.25) is 0 Å². The first-order valence-electron chi connectivity index (χ1n) is 7.82. The average molecular weight is 305 g/mol. The third-order valence-corrected chi connectivity index (χ3v) is 3.69. The minimum Gasteiger partial charge on any atom is -0.462 e. The Bertz CT molecular complexity index is 533. The van der Waals surface area contributed by atoms with Crippen LogP contribution in [0.3, 0.4) is 0 Å².